The number of amides is 1. The van der Waals surface area contributed by atoms with Crippen molar-refractivity contribution in [2.24, 2.45) is 0 Å². The van der Waals surface area contributed by atoms with Crippen LogP contribution in [0.5, 0.6) is 5.88 Å². The van der Waals surface area contributed by atoms with Crippen LogP contribution in [0.25, 0.3) is 4.96 Å². The Balaban J connectivity index is 1.62. The summed E-state index contributed by atoms with van der Waals surface area (Å²) in [5.74, 6) is 1.52. The maximum absolute atomic E-state index is 12.0. The van der Waals surface area contributed by atoms with E-state index in [1.54, 1.807) is 18.1 Å². The summed E-state index contributed by atoms with van der Waals surface area (Å²) >= 11 is 1.41. The molecule has 10 heteroatoms. The molecule has 0 aliphatic carbocycles. The van der Waals surface area contributed by atoms with E-state index in [4.69, 9.17) is 9.15 Å². The number of hydrogen-bond acceptors (Lipinski definition) is 8. The van der Waals surface area contributed by atoms with Crippen molar-refractivity contribution >= 4 is 22.4 Å². The lowest BCUT2D eigenvalue weighted by molar-refractivity contribution is 0.0686. The molecule has 0 aromatic carbocycles. The quantitative estimate of drug-likeness (QED) is 0.697. The topological polar surface area (TPSA) is 96.3 Å². The van der Waals surface area contributed by atoms with Crippen LogP contribution in [-0.4, -0.2) is 68.4 Å². The Morgan fingerprint density at radius 3 is 2.75 bits per heavy atom. The summed E-state index contributed by atoms with van der Waals surface area (Å²) in [5.41, 5.74) is 0. The van der Waals surface area contributed by atoms with Crippen LogP contribution in [-0.2, 0) is 11.2 Å². The predicted molar refractivity (Wildman–Crippen MR) is 103 cm³/mol. The molecule has 3 aromatic rings. The van der Waals surface area contributed by atoms with Gasteiger partial charge in [-0.25, -0.2) is 9.78 Å². The van der Waals surface area contributed by atoms with E-state index in [-0.39, 0.29) is 18.0 Å². The Morgan fingerprint density at radius 1 is 1.36 bits per heavy atom. The highest BCUT2D eigenvalue weighted by Crippen LogP contribution is 2.40. The molecule has 1 aliphatic rings. The molecule has 4 heterocycles. The first-order valence-electron chi connectivity index (χ1n) is 9.38. The van der Waals surface area contributed by atoms with Crippen LogP contribution < -0.4 is 0 Å². The number of aromatic nitrogens is 3. The minimum Gasteiger partial charge on any atom is -0.492 e. The Labute approximate surface area is 166 Å². The van der Waals surface area contributed by atoms with Crippen molar-refractivity contribution in [3.63, 3.8) is 0 Å². The van der Waals surface area contributed by atoms with Gasteiger partial charge in [-0.15, -0.1) is 5.10 Å². The number of fused-ring (bicyclic) bond motifs is 1. The number of nitrogens with zero attached hydrogens (tertiary/aromatic N) is 5. The standard InChI is InChI=1S/C18H23N5O4S/c1-3-13-19-17-23(20-13)16(24)15(28-17)14(12-6-5-11-27-12)21-7-9-22(10-8-21)18(25)26-4-2/h5-6,11,14,24H,3-4,7-10H2,1-2H3. The number of furan rings is 1. The maximum atomic E-state index is 12.0. The smallest absolute Gasteiger partial charge is 0.409 e. The van der Waals surface area contributed by atoms with Gasteiger partial charge in [-0.2, -0.15) is 4.52 Å². The van der Waals surface area contributed by atoms with Crippen LogP contribution in [0.4, 0.5) is 4.79 Å². The van der Waals surface area contributed by atoms with Gasteiger partial charge in [-0.3, -0.25) is 4.90 Å². The molecule has 0 radical (unpaired) electrons. The van der Waals surface area contributed by atoms with Crippen molar-refractivity contribution in [1.82, 2.24) is 24.4 Å². The summed E-state index contributed by atoms with van der Waals surface area (Å²) in [4.78, 5) is 21.7. The Kier molecular flexibility index (Phi) is 5.23. The average Bonchev–Trinajstić information content (AvgIpc) is 3.42. The van der Waals surface area contributed by atoms with Crippen molar-refractivity contribution in [3.8, 4) is 5.88 Å². The van der Waals surface area contributed by atoms with E-state index in [0.717, 1.165) is 10.6 Å². The molecule has 1 amide bonds. The van der Waals surface area contributed by atoms with E-state index in [9.17, 15) is 9.90 Å². The molecule has 28 heavy (non-hydrogen) atoms. The minimum absolute atomic E-state index is 0.0847. The molecule has 1 atom stereocenters. The lowest BCUT2D eigenvalue weighted by Crippen LogP contribution is -2.49. The molecule has 1 fully saturated rings. The van der Waals surface area contributed by atoms with Gasteiger partial charge in [0.2, 0.25) is 10.8 Å². The summed E-state index contributed by atoms with van der Waals surface area (Å²) in [6.07, 6.45) is 2.05. The first-order valence-corrected chi connectivity index (χ1v) is 10.2. The number of rotatable bonds is 5. The molecule has 0 saturated carbocycles. The lowest BCUT2D eigenvalue weighted by Gasteiger charge is -2.37. The fraction of sp³-hybridized carbons (Fsp3) is 0.500. The fourth-order valence-corrected chi connectivity index (χ4v) is 4.53. The molecule has 0 spiro atoms. The second kappa shape index (κ2) is 7.80. The van der Waals surface area contributed by atoms with E-state index in [0.29, 0.717) is 50.0 Å². The number of thiazole rings is 1. The van der Waals surface area contributed by atoms with E-state index in [1.165, 1.54) is 15.9 Å². The largest absolute Gasteiger partial charge is 0.492 e. The van der Waals surface area contributed by atoms with Crippen LogP contribution in [0.3, 0.4) is 0 Å². The van der Waals surface area contributed by atoms with Gasteiger partial charge in [0.15, 0.2) is 5.82 Å². The molecule has 0 bridgehead atoms. The van der Waals surface area contributed by atoms with Crippen molar-refractivity contribution in [2.45, 2.75) is 26.3 Å². The van der Waals surface area contributed by atoms with E-state index in [2.05, 4.69) is 15.0 Å². The number of aryl methyl sites for hydroxylation is 1. The van der Waals surface area contributed by atoms with E-state index < -0.39 is 0 Å². The molecule has 4 rings (SSSR count). The molecular formula is C18H23N5O4S. The molecular weight excluding hydrogens is 382 g/mol. The number of carbonyl (C=O) groups excluding carboxylic acids is 1. The van der Waals surface area contributed by atoms with Crippen molar-refractivity contribution in [2.75, 3.05) is 32.8 Å². The molecule has 3 aromatic heterocycles. The van der Waals surface area contributed by atoms with Crippen molar-refractivity contribution < 1.29 is 19.1 Å². The predicted octanol–water partition coefficient (Wildman–Crippen LogP) is 2.52. The summed E-state index contributed by atoms with van der Waals surface area (Å²) in [7, 11) is 0. The molecule has 1 unspecified atom stereocenters. The van der Waals surface area contributed by atoms with Gasteiger partial charge in [-0.05, 0) is 19.1 Å². The third-order valence-corrected chi connectivity index (χ3v) is 5.90. The number of carbonyl (C=O) groups is 1. The van der Waals surface area contributed by atoms with Crippen molar-refractivity contribution in [3.05, 3.63) is 34.9 Å². The number of hydrogen-bond donors (Lipinski definition) is 1. The Hall–Kier alpha value is -2.59. The highest BCUT2D eigenvalue weighted by molar-refractivity contribution is 7.17. The Bertz CT molecular complexity index is 943. The molecule has 1 aliphatic heterocycles. The second-order valence-electron chi connectivity index (χ2n) is 6.51. The van der Waals surface area contributed by atoms with Crippen LogP contribution in [0, 0.1) is 0 Å². The molecule has 1 N–H and O–H groups in total. The zero-order chi connectivity index (χ0) is 19.7. The van der Waals surface area contributed by atoms with Gasteiger partial charge >= 0.3 is 6.09 Å². The molecule has 150 valence electrons. The van der Waals surface area contributed by atoms with Gasteiger partial charge in [-0.1, -0.05) is 18.3 Å². The summed E-state index contributed by atoms with van der Waals surface area (Å²) in [6.45, 7) is 6.52. The highest BCUT2D eigenvalue weighted by atomic mass is 32.1. The van der Waals surface area contributed by atoms with Gasteiger partial charge in [0, 0.05) is 32.6 Å². The third kappa shape index (κ3) is 3.33. The normalized spacial score (nSPS) is 16.6. The summed E-state index contributed by atoms with van der Waals surface area (Å²) in [6, 6.07) is 3.47. The van der Waals surface area contributed by atoms with Crippen LogP contribution in [0.1, 0.15) is 36.4 Å². The van der Waals surface area contributed by atoms with Crippen LogP contribution >= 0.6 is 11.3 Å². The zero-order valence-electron chi connectivity index (χ0n) is 15.9. The van der Waals surface area contributed by atoms with Gasteiger partial charge < -0.3 is 19.2 Å². The first-order chi connectivity index (χ1) is 13.6. The average molecular weight is 405 g/mol. The molecule has 1 saturated heterocycles. The highest BCUT2D eigenvalue weighted by Gasteiger charge is 2.34. The second-order valence-corrected chi connectivity index (χ2v) is 7.51. The fourth-order valence-electron chi connectivity index (χ4n) is 3.42. The zero-order valence-corrected chi connectivity index (χ0v) is 16.7. The van der Waals surface area contributed by atoms with E-state index in [1.807, 2.05) is 19.1 Å². The van der Waals surface area contributed by atoms with Gasteiger partial charge in [0.25, 0.3) is 0 Å². The minimum atomic E-state index is -0.287. The van der Waals surface area contributed by atoms with Crippen LogP contribution in [0.15, 0.2) is 22.8 Å². The lowest BCUT2D eigenvalue weighted by atomic mass is 10.1. The van der Waals surface area contributed by atoms with E-state index >= 15 is 0 Å². The summed E-state index contributed by atoms with van der Waals surface area (Å²) in [5, 5.41) is 15.2. The number of piperazine rings is 1. The van der Waals surface area contributed by atoms with Crippen molar-refractivity contribution in [1.29, 1.82) is 0 Å². The monoisotopic (exact) mass is 405 g/mol. The number of aromatic hydroxyl groups is 1. The van der Waals surface area contributed by atoms with Gasteiger partial charge in [0.05, 0.1) is 17.7 Å². The SMILES string of the molecule is CCOC(=O)N1CCN(C(c2ccco2)c2sc3nc(CC)nn3c2O)CC1. The summed E-state index contributed by atoms with van der Waals surface area (Å²) < 4.78 is 12.3. The van der Waals surface area contributed by atoms with Crippen LogP contribution in [0.2, 0.25) is 0 Å². The maximum Gasteiger partial charge on any atom is 0.409 e. The number of ether oxygens (including phenoxy) is 1. The Morgan fingerprint density at radius 2 is 2.14 bits per heavy atom. The van der Waals surface area contributed by atoms with Gasteiger partial charge in [0.1, 0.15) is 11.8 Å². The first kappa shape index (κ1) is 18.8. The third-order valence-electron chi connectivity index (χ3n) is 4.83. The molecule has 9 nitrogen and oxygen atoms in total.